The number of halogens is 2. The molecule has 2 aliphatic rings. The van der Waals surface area contributed by atoms with E-state index in [1.165, 1.54) is 12.8 Å². The normalized spacial score (nSPS) is 40.9. The molecule has 0 aliphatic heterocycles. The van der Waals surface area contributed by atoms with Crippen molar-refractivity contribution in [2.75, 3.05) is 6.54 Å². The fourth-order valence-electron chi connectivity index (χ4n) is 2.51. The van der Waals surface area contributed by atoms with Gasteiger partial charge in [-0.3, -0.25) is 0 Å². The largest absolute Gasteiger partial charge is 0.313 e. The summed E-state index contributed by atoms with van der Waals surface area (Å²) in [6, 6.07) is 0.506. The Morgan fingerprint density at radius 3 is 2.50 bits per heavy atom. The number of alkyl halides is 2. The van der Waals surface area contributed by atoms with E-state index >= 15 is 0 Å². The van der Waals surface area contributed by atoms with Gasteiger partial charge in [-0.15, -0.1) is 0 Å². The van der Waals surface area contributed by atoms with Crippen LogP contribution in [-0.4, -0.2) is 18.5 Å². The van der Waals surface area contributed by atoms with Crippen LogP contribution < -0.4 is 5.32 Å². The minimum atomic E-state index is -2.40. The molecule has 1 nitrogen and oxygen atoms in total. The number of hydrogen-bond donors (Lipinski definition) is 1. The highest BCUT2D eigenvalue weighted by atomic mass is 19.3. The van der Waals surface area contributed by atoms with E-state index in [2.05, 4.69) is 12.2 Å². The molecule has 0 saturated heterocycles. The van der Waals surface area contributed by atoms with Crippen LogP contribution in [0, 0.1) is 11.8 Å². The molecular weight excluding hydrogens is 184 g/mol. The van der Waals surface area contributed by atoms with Crippen molar-refractivity contribution in [1.29, 1.82) is 0 Å². The Morgan fingerprint density at radius 1 is 1.29 bits per heavy atom. The van der Waals surface area contributed by atoms with Crippen LogP contribution >= 0.6 is 0 Å². The lowest BCUT2D eigenvalue weighted by Gasteiger charge is -2.36. The van der Waals surface area contributed by atoms with Crippen molar-refractivity contribution in [2.45, 2.75) is 51.0 Å². The predicted octanol–water partition coefficient (Wildman–Crippen LogP) is 2.81. The molecule has 0 aromatic rings. The van der Waals surface area contributed by atoms with Gasteiger partial charge >= 0.3 is 0 Å². The van der Waals surface area contributed by atoms with Crippen molar-refractivity contribution in [3.63, 3.8) is 0 Å². The molecule has 3 atom stereocenters. The molecule has 0 heterocycles. The summed E-state index contributed by atoms with van der Waals surface area (Å²) in [5.41, 5.74) is 0. The Bertz CT molecular complexity index is 205. The van der Waals surface area contributed by atoms with Gasteiger partial charge in [-0.2, -0.15) is 0 Å². The molecule has 0 spiro atoms. The summed E-state index contributed by atoms with van der Waals surface area (Å²) in [6.45, 7) is 2.70. The van der Waals surface area contributed by atoms with Gasteiger partial charge in [0.1, 0.15) is 0 Å². The summed E-state index contributed by atoms with van der Waals surface area (Å²) in [6.07, 6.45) is 3.90. The fourth-order valence-corrected chi connectivity index (χ4v) is 2.51. The molecule has 1 N–H and O–H groups in total. The van der Waals surface area contributed by atoms with Crippen LogP contribution in [-0.2, 0) is 0 Å². The van der Waals surface area contributed by atoms with Gasteiger partial charge in [0.2, 0.25) is 0 Å². The zero-order chi connectivity index (χ0) is 10.2. The lowest BCUT2D eigenvalue weighted by molar-refractivity contribution is -0.0380. The van der Waals surface area contributed by atoms with E-state index in [1.54, 1.807) is 0 Å². The Labute approximate surface area is 84.3 Å². The second-order valence-electron chi connectivity index (χ2n) is 4.92. The van der Waals surface area contributed by atoms with E-state index in [0.29, 0.717) is 31.3 Å². The van der Waals surface area contributed by atoms with Crippen molar-refractivity contribution in [3.05, 3.63) is 0 Å². The van der Waals surface area contributed by atoms with E-state index < -0.39 is 11.8 Å². The monoisotopic (exact) mass is 203 g/mol. The minimum absolute atomic E-state index is 0.0968. The summed E-state index contributed by atoms with van der Waals surface area (Å²) < 4.78 is 26.5. The van der Waals surface area contributed by atoms with Crippen LogP contribution in [0.25, 0.3) is 0 Å². The molecule has 2 saturated carbocycles. The lowest BCUT2D eigenvalue weighted by Crippen LogP contribution is -2.46. The topological polar surface area (TPSA) is 12.0 Å². The first-order valence-electron chi connectivity index (χ1n) is 5.71. The first-order valence-corrected chi connectivity index (χ1v) is 5.71. The molecule has 0 aromatic carbocycles. The Hall–Kier alpha value is -0.180. The smallest absolute Gasteiger partial charge is 0.252 e. The van der Waals surface area contributed by atoms with E-state index in [1.807, 2.05) is 0 Å². The molecule has 3 heteroatoms. The molecule has 82 valence electrons. The summed E-state index contributed by atoms with van der Waals surface area (Å²) in [7, 11) is 0. The lowest BCUT2D eigenvalue weighted by atomic mass is 9.81. The third-order valence-electron chi connectivity index (χ3n) is 3.91. The maximum Gasteiger partial charge on any atom is 0.252 e. The molecule has 14 heavy (non-hydrogen) atoms. The Morgan fingerprint density at radius 2 is 2.07 bits per heavy atom. The minimum Gasteiger partial charge on any atom is -0.313 e. The number of nitrogens with one attached hydrogen (secondary N) is 1. The third kappa shape index (κ3) is 1.92. The zero-order valence-corrected chi connectivity index (χ0v) is 8.73. The first-order chi connectivity index (χ1) is 6.59. The summed E-state index contributed by atoms with van der Waals surface area (Å²) in [4.78, 5) is 0. The van der Waals surface area contributed by atoms with E-state index in [0.717, 1.165) is 0 Å². The van der Waals surface area contributed by atoms with Gasteiger partial charge in [-0.05, 0) is 31.6 Å². The maximum absolute atomic E-state index is 13.2. The first kappa shape index (κ1) is 10.3. The molecule has 0 bridgehead atoms. The van der Waals surface area contributed by atoms with Gasteiger partial charge in [-0.25, -0.2) is 8.78 Å². The van der Waals surface area contributed by atoms with Crippen molar-refractivity contribution in [2.24, 2.45) is 11.8 Å². The molecule has 0 amide bonds. The van der Waals surface area contributed by atoms with Crippen molar-refractivity contribution >= 4 is 0 Å². The van der Waals surface area contributed by atoms with Crippen molar-refractivity contribution < 1.29 is 8.78 Å². The van der Waals surface area contributed by atoms with Crippen LogP contribution in [0.5, 0.6) is 0 Å². The molecule has 0 aromatic heterocycles. The highest BCUT2D eigenvalue weighted by Crippen LogP contribution is 2.40. The Balaban J connectivity index is 1.75. The van der Waals surface area contributed by atoms with Gasteiger partial charge in [0.25, 0.3) is 5.92 Å². The van der Waals surface area contributed by atoms with E-state index in [9.17, 15) is 8.78 Å². The van der Waals surface area contributed by atoms with Gasteiger partial charge < -0.3 is 5.32 Å². The van der Waals surface area contributed by atoms with Gasteiger partial charge in [0, 0.05) is 24.9 Å². The zero-order valence-electron chi connectivity index (χ0n) is 8.73. The standard InChI is InChI=1S/C11H19F2N/c1-8-4-5-10(8)14-7-9-3-2-6-11(9,12)13/h8-10,14H,2-7H2,1H3. The summed E-state index contributed by atoms with van der Waals surface area (Å²) in [5, 5.41) is 3.29. The maximum atomic E-state index is 13.2. The van der Waals surface area contributed by atoms with Crippen molar-refractivity contribution in [1.82, 2.24) is 5.32 Å². The molecular formula is C11H19F2N. The van der Waals surface area contributed by atoms with E-state index in [-0.39, 0.29) is 6.42 Å². The number of hydrogen-bond acceptors (Lipinski definition) is 1. The molecule has 3 unspecified atom stereocenters. The van der Waals surface area contributed by atoms with Gasteiger partial charge in [0.15, 0.2) is 0 Å². The van der Waals surface area contributed by atoms with E-state index in [4.69, 9.17) is 0 Å². The van der Waals surface area contributed by atoms with Crippen LogP contribution in [0.1, 0.15) is 39.0 Å². The number of rotatable bonds is 3. The molecule has 0 radical (unpaired) electrons. The second kappa shape index (κ2) is 3.76. The summed E-state index contributed by atoms with van der Waals surface area (Å²) >= 11 is 0. The SMILES string of the molecule is CC1CCC1NCC1CCCC1(F)F. The third-order valence-corrected chi connectivity index (χ3v) is 3.91. The van der Waals surface area contributed by atoms with Crippen LogP contribution in [0.4, 0.5) is 8.78 Å². The summed E-state index contributed by atoms with van der Waals surface area (Å²) in [5.74, 6) is -2.12. The Kier molecular flexibility index (Phi) is 2.78. The fraction of sp³-hybridized carbons (Fsp3) is 1.00. The van der Waals surface area contributed by atoms with Crippen LogP contribution in [0.2, 0.25) is 0 Å². The molecule has 2 fully saturated rings. The van der Waals surface area contributed by atoms with Gasteiger partial charge in [0.05, 0.1) is 0 Å². The van der Waals surface area contributed by atoms with Gasteiger partial charge in [-0.1, -0.05) is 6.92 Å². The predicted molar refractivity (Wildman–Crippen MR) is 52.5 cm³/mol. The quantitative estimate of drug-likeness (QED) is 0.743. The molecule has 2 rings (SSSR count). The van der Waals surface area contributed by atoms with Crippen LogP contribution in [0.3, 0.4) is 0 Å². The second-order valence-corrected chi connectivity index (χ2v) is 4.92. The van der Waals surface area contributed by atoms with Crippen LogP contribution in [0.15, 0.2) is 0 Å². The van der Waals surface area contributed by atoms with Crippen molar-refractivity contribution in [3.8, 4) is 0 Å². The highest BCUT2D eigenvalue weighted by Gasteiger charge is 2.43. The molecule has 2 aliphatic carbocycles. The highest BCUT2D eigenvalue weighted by molar-refractivity contribution is 4.89. The average Bonchev–Trinajstić information content (AvgIpc) is 2.44. The average molecular weight is 203 g/mol.